The van der Waals surface area contributed by atoms with Crippen molar-refractivity contribution in [2.24, 2.45) is 0 Å². The molecule has 0 fully saturated rings. The summed E-state index contributed by atoms with van der Waals surface area (Å²) < 4.78 is 2.67. The summed E-state index contributed by atoms with van der Waals surface area (Å²) >= 11 is 2.07. The van der Waals surface area contributed by atoms with Gasteiger partial charge < -0.3 is 5.32 Å². The van der Waals surface area contributed by atoms with Crippen molar-refractivity contribution in [1.82, 2.24) is 25.3 Å². The smallest absolute Gasteiger partial charge is 0.270 e. The van der Waals surface area contributed by atoms with Crippen LogP contribution in [0.4, 0.5) is 0 Å². The first-order valence-corrected chi connectivity index (χ1v) is 6.30. The molecule has 0 saturated carbocycles. The van der Waals surface area contributed by atoms with E-state index in [2.05, 4.69) is 43.2 Å². The Labute approximate surface area is 112 Å². The number of hydrogen-bond acceptors (Lipinski definition) is 3. The number of carbonyl (C=O) groups excluding carboxylic acids is 1. The van der Waals surface area contributed by atoms with E-state index in [1.54, 1.807) is 12.4 Å². The Kier molecular flexibility index (Phi) is 4.13. The fraction of sp³-hybridized carbons (Fsp3) is 0.300. The Morgan fingerprint density at radius 3 is 3.12 bits per heavy atom. The van der Waals surface area contributed by atoms with E-state index >= 15 is 0 Å². The number of aromatic amines is 1. The Morgan fingerprint density at radius 2 is 2.47 bits per heavy atom. The zero-order valence-corrected chi connectivity index (χ0v) is 11.2. The van der Waals surface area contributed by atoms with E-state index in [-0.39, 0.29) is 5.91 Å². The molecule has 2 heterocycles. The SMILES string of the molecule is O=C(NCCCn1cccn1)c1[nH]ncc1I. The Morgan fingerprint density at radius 1 is 1.59 bits per heavy atom. The number of rotatable bonds is 5. The molecular formula is C10H12IN5O. The average Bonchev–Trinajstić information content (AvgIpc) is 2.95. The molecule has 0 unspecified atom stereocenters. The number of amides is 1. The molecule has 0 radical (unpaired) electrons. The molecule has 0 spiro atoms. The minimum absolute atomic E-state index is 0.118. The maximum Gasteiger partial charge on any atom is 0.270 e. The molecular weight excluding hydrogens is 333 g/mol. The first kappa shape index (κ1) is 12.1. The summed E-state index contributed by atoms with van der Waals surface area (Å²) in [5.41, 5.74) is 0.518. The van der Waals surface area contributed by atoms with Crippen molar-refractivity contribution >= 4 is 28.5 Å². The fourth-order valence-corrected chi connectivity index (χ4v) is 1.90. The zero-order chi connectivity index (χ0) is 12.1. The molecule has 2 aromatic rings. The van der Waals surface area contributed by atoms with E-state index in [4.69, 9.17) is 0 Å². The summed E-state index contributed by atoms with van der Waals surface area (Å²) in [6.07, 6.45) is 6.11. The van der Waals surface area contributed by atoms with E-state index in [9.17, 15) is 4.79 Å². The summed E-state index contributed by atoms with van der Waals surface area (Å²) in [7, 11) is 0. The third kappa shape index (κ3) is 3.29. The maximum atomic E-state index is 11.7. The van der Waals surface area contributed by atoms with E-state index in [1.165, 1.54) is 0 Å². The van der Waals surface area contributed by atoms with Crippen molar-refractivity contribution in [2.75, 3.05) is 6.54 Å². The molecule has 17 heavy (non-hydrogen) atoms. The number of nitrogens with zero attached hydrogens (tertiary/aromatic N) is 3. The second-order valence-electron chi connectivity index (χ2n) is 3.47. The summed E-state index contributed by atoms with van der Waals surface area (Å²) in [6, 6.07) is 1.88. The molecule has 0 aliphatic rings. The van der Waals surface area contributed by atoms with Crippen molar-refractivity contribution in [2.45, 2.75) is 13.0 Å². The third-order valence-corrected chi connectivity index (χ3v) is 3.05. The Balaban J connectivity index is 1.72. The lowest BCUT2D eigenvalue weighted by molar-refractivity contribution is 0.0946. The molecule has 1 amide bonds. The van der Waals surface area contributed by atoms with Gasteiger partial charge in [-0.1, -0.05) is 0 Å². The van der Waals surface area contributed by atoms with E-state index in [0.717, 1.165) is 16.5 Å². The Bertz CT molecular complexity index is 479. The largest absolute Gasteiger partial charge is 0.351 e. The minimum atomic E-state index is -0.118. The van der Waals surface area contributed by atoms with Gasteiger partial charge in [0, 0.05) is 25.5 Å². The van der Waals surface area contributed by atoms with Crippen LogP contribution in [0.25, 0.3) is 0 Å². The lowest BCUT2D eigenvalue weighted by Gasteiger charge is -2.04. The molecule has 90 valence electrons. The van der Waals surface area contributed by atoms with Crippen molar-refractivity contribution in [3.8, 4) is 0 Å². The third-order valence-electron chi connectivity index (χ3n) is 2.23. The molecule has 2 aromatic heterocycles. The van der Waals surface area contributed by atoms with Gasteiger partial charge in [-0.3, -0.25) is 14.6 Å². The van der Waals surface area contributed by atoms with Gasteiger partial charge in [-0.15, -0.1) is 0 Å². The minimum Gasteiger partial charge on any atom is -0.351 e. The topological polar surface area (TPSA) is 75.6 Å². The maximum absolute atomic E-state index is 11.7. The first-order valence-electron chi connectivity index (χ1n) is 5.22. The van der Waals surface area contributed by atoms with Crippen LogP contribution in [-0.4, -0.2) is 32.4 Å². The quantitative estimate of drug-likeness (QED) is 0.628. The zero-order valence-electron chi connectivity index (χ0n) is 9.06. The molecule has 0 aromatic carbocycles. The molecule has 0 bridgehead atoms. The van der Waals surface area contributed by atoms with Crippen LogP contribution in [0.5, 0.6) is 0 Å². The highest BCUT2D eigenvalue weighted by atomic mass is 127. The van der Waals surface area contributed by atoms with Gasteiger partial charge in [0.15, 0.2) is 0 Å². The molecule has 0 aliphatic heterocycles. The lowest BCUT2D eigenvalue weighted by Crippen LogP contribution is -2.26. The molecule has 2 N–H and O–H groups in total. The van der Waals surface area contributed by atoms with E-state index in [0.29, 0.717) is 12.2 Å². The average molecular weight is 345 g/mol. The second-order valence-corrected chi connectivity index (χ2v) is 4.63. The van der Waals surface area contributed by atoms with Crippen molar-refractivity contribution < 1.29 is 4.79 Å². The van der Waals surface area contributed by atoms with Crippen LogP contribution in [0, 0.1) is 3.57 Å². The number of nitrogens with one attached hydrogen (secondary N) is 2. The van der Waals surface area contributed by atoms with Gasteiger partial charge in [0.05, 0.1) is 9.77 Å². The fourth-order valence-electron chi connectivity index (χ4n) is 1.39. The summed E-state index contributed by atoms with van der Waals surface area (Å²) in [6.45, 7) is 1.42. The number of hydrogen-bond donors (Lipinski definition) is 2. The standard InChI is InChI=1S/C10H12IN5O/c11-8-7-13-15-9(8)10(17)12-3-1-5-16-6-2-4-14-16/h2,4,6-7H,1,3,5H2,(H,12,17)(H,13,15). The second kappa shape index (κ2) is 5.80. The highest BCUT2D eigenvalue weighted by Gasteiger charge is 2.10. The van der Waals surface area contributed by atoms with Crippen LogP contribution in [0.15, 0.2) is 24.7 Å². The van der Waals surface area contributed by atoms with Gasteiger partial charge in [-0.25, -0.2) is 0 Å². The molecule has 0 saturated heterocycles. The highest BCUT2D eigenvalue weighted by molar-refractivity contribution is 14.1. The van der Waals surface area contributed by atoms with Gasteiger partial charge >= 0.3 is 0 Å². The normalized spacial score (nSPS) is 10.4. The molecule has 0 atom stereocenters. The Hall–Kier alpha value is -1.38. The first-order chi connectivity index (χ1) is 8.27. The summed E-state index contributed by atoms with van der Waals surface area (Å²) in [4.78, 5) is 11.7. The summed E-state index contributed by atoms with van der Waals surface area (Å²) in [5, 5.41) is 13.4. The molecule has 0 aliphatic carbocycles. The predicted octanol–water partition coefficient (Wildman–Crippen LogP) is 1.03. The monoisotopic (exact) mass is 345 g/mol. The van der Waals surface area contributed by atoms with Gasteiger partial charge in [0.2, 0.25) is 0 Å². The van der Waals surface area contributed by atoms with Crippen LogP contribution in [-0.2, 0) is 6.54 Å². The van der Waals surface area contributed by atoms with Gasteiger partial charge in [-0.2, -0.15) is 10.2 Å². The number of aromatic nitrogens is 4. The number of H-pyrrole nitrogens is 1. The number of aryl methyl sites for hydroxylation is 1. The highest BCUT2D eigenvalue weighted by Crippen LogP contribution is 2.06. The molecule has 2 rings (SSSR count). The molecule has 7 heteroatoms. The predicted molar refractivity (Wildman–Crippen MR) is 70.5 cm³/mol. The van der Waals surface area contributed by atoms with Crippen LogP contribution in [0.3, 0.4) is 0 Å². The lowest BCUT2D eigenvalue weighted by atomic mass is 10.3. The number of halogens is 1. The van der Waals surface area contributed by atoms with Crippen LogP contribution >= 0.6 is 22.6 Å². The van der Waals surface area contributed by atoms with Crippen LogP contribution in [0.2, 0.25) is 0 Å². The number of carbonyl (C=O) groups is 1. The molecule has 6 nitrogen and oxygen atoms in total. The van der Waals surface area contributed by atoms with E-state index in [1.807, 2.05) is 16.9 Å². The van der Waals surface area contributed by atoms with Gasteiger partial charge in [-0.05, 0) is 35.1 Å². The van der Waals surface area contributed by atoms with Crippen LogP contribution in [0.1, 0.15) is 16.9 Å². The van der Waals surface area contributed by atoms with Crippen molar-refractivity contribution in [3.63, 3.8) is 0 Å². The van der Waals surface area contributed by atoms with Crippen molar-refractivity contribution in [3.05, 3.63) is 33.9 Å². The van der Waals surface area contributed by atoms with E-state index < -0.39 is 0 Å². The van der Waals surface area contributed by atoms with Crippen molar-refractivity contribution in [1.29, 1.82) is 0 Å². The summed E-state index contributed by atoms with van der Waals surface area (Å²) in [5.74, 6) is -0.118. The van der Waals surface area contributed by atoms with Gasteiger partial charge in [0.1, 0.15) is 5.69 Å². The van der Waals surface area contributed by atoms with Gasteiger partial charge in [0.25, 0.3) is 5.91 Å². The van der Waals surface area contributed by atoms with Crippen LogP contribution < -0.4 is 5.32 Å².